The maximum absolute atomic E-state index is 12.5. The van der Waals surface area contributed by atoms with Gasteiger partial charge in [0, 0.05) is 11.6 Å². The summed E-state index contributed by atoms with van der Waals surface area (Å²) < 4.78 is 45.3. The van der Waals surface area contributed by atoms with E-state index < -0.39 is 12.5 Å². The van der Waals surface area contributed by atoms with Crippen LogP contribution in [0, 0.1) is 0 Å². The molecule has 0 aliphatic heterocycles. The zero-order chi connectivity index (χ0) is 21.4. The van der Waals surface area contributed by atoms with Gasteiger partial charge in [0.1, 0.15) is 5.75 Å². The van der Waals surface area contributed by atoms with Crippen molar-refractivity contribution in [3.63, 3.8) is 0 Å². The second-order valence-electron chi connectivity index (χ2n) is 5.94. The highest BCUT2D eigenvalue weighted by Gasteiger charge is 2.17. The predicted molar refractivity (Wildman–Crippen MR) is 105 cm³/mol. The molecule has 0 saturated heterocycles. The molecule has 0 bridgehead atoms. The molecule has 156 valence electrons. The number of nitrogens with one attached hydrogen (secondary N) is 1. The monoisotopic (exact) mass is 407 g/mol. The van der Waals surface area contributed by atoms with Crippen LogP contribution in [0.3, 0.4) is 0 Å². The Balaban J connectivity index is 2.15. The van der Waals surface area contributed by atoms with E-state index in [1.54, 1.807) is 37.3 Å². The highest BCUT2D eigenvalue weighted by molar-refractivity contribution is 5.92. The van der Waals surface area contributed by atoms with E-state index in [9.17, 15) is 13.6 Å². The van der Waals surface area contributed by atoms with E-state index in [1.165, 1.54) is 39.5 Å². The summed E-state index contributed by atoms with van der Waals surface area (Å²) in [4.78, 5) is 12.3. The van der Waals surface area contributed by atoms with E-state index in [-0.39, 0.29) is 11.8 Å². The number of amides is 1. The van der Waals surface area contributed by atoms with Crippen molar-refractivity contribution in [1.82, 2.24) is 5.32 Å². The van der Waals surface area contributed by atoms with Crippen LogP contribution in [0.4, 0.5) is 8.78 Å². The van der Waals surface area contributed by atoms with E-state index in [2.05, 4.69) is 10.1 Å². The number of ether oxygens (including phenoxy) is 4. The van der Waals surface area contributed by atoms with E-state index in [0.717, 1.165) is 5.56 Å². The topological polar surface area (TPSA) is 66.0 Å². The van der Waals surface area contributed by atoms with Gasteiger partial charge in [0.25, 0.3) is 0 Å². The third-order valence-electron chi connectivity index (χ3n) is 4.10. The zero-order valence-electron chi connectivity index (χ0n) is 16.6. The Kier molecular flexibility index (Phi) is 7.82. The van der Waals surface area contributed by atoms with Crippen LogP contribution in [-0.4, -0.2) is 33.8 Å². The van der Waals surface area contributed by atoms with E-state index in [0.29, 0.717) is 22.8 Å². The second kappa shape index (κ2) is 10.3. The summed E-state index contributed by atoms with van der Waals surface area (Å²) in [5.41, 5.74) is 1.10. The van der Waals surface area contributed by atoms with E-state index >= 15 is 0 Å². The number of hydrogen-bond acceptors (Lipinski definition) is 5. The molecule has 0 heterocycles. The van der Waals surface area contributed by atoms with Crippen LogP contribution < -0.4 is 24.3 Å². The number of alkyl halides is 2. The maximum atomic E-state index is 12.5. The summed E-state index contributed by atoms with van der Waals surface area (Å²) in [5, 5.41) is 2.80. The van der Waals surface area contributed by atoms with Crippen LogP contribution in [0.1, 0.15) is 24.1 Å². The lowest BCUT2D eigenvalue weighted by molar-refractivity contribution is -0.117. The Bertz CT molecular complexity index is 845. The van der Waals surface area contributed by atoms with Crippen molar-refractivity contribution in [3.8, 4) is 23.0 Å². The van der Waals surface area contributed by atoms with Crippen LogP contribution >= 0.6 is 0 Å². The first-order valence-electron chi connectivity index (χ1n) is 8.71. The molecule has 0 saturated carbocycles. The summed E-state index contributed by atoms with van der Waals surface area (Å²) in [6, 6.07) is 9.31. The van der Waals surface area contributed by atoms with Gasteiger partial charge < -0.3 is 24.3 Å². The fourth-order valence-electron chi connectivity index (χ4n) is 2.68. The standard InChI is InChI=1S/C21H23F2NO5/c1-13(15-11-17(26-2)20(28-4)18(12-15)27-3)24-19(25)10-9-14-7-5-6-8-16(14)29-21(22)23/h5-13,21H,1-4H3,(H,24,25)/b10-9+. The van der Waals surface area contributed by atoms with Gasteiger partial charge in [-0.15, -0.1) is 0 Å². The number of methoxy groups -OCH3 is 3. The number of benzene rings is 2. The zero-order valence-corrected chi connectivity index (χ0v) is 16.6. The highest BCUT2D eigenvalue weighted by atomic mass is 19.3. The molecule has 29 heavy (non-hydrogen) atoms. The lowest BCUT2D eigenvalue weighted by Gasteiger charge is -2.18. The van der Waals surface area contributed by atoms with Crippen molar-refractivity contribution in [2.45, 2.75) is 19.6 Å². The third kappa shape index (κ3) is 5.84. The third-order valence-corrected chi connectivity index (χ3v) is 4.10. The molecular weight excluding hydrogens is 384 g/mol. The van der Waals surface area contributed by atoms with Gasteiger partial charge in [-0.3, -0.25) is 4.79 Å². The van der Waals surface area contributed by atoms with Gasteiger partial charge in [-0.1, -0.05) is 18.2 Å². The molecule has 0 radical (unpaired) electrons. The molecule has 0 aliphatic carbocycles. The molecule has 1 amide bonds. The SMILES string of the molecule is COc1cc(C(C)NC(=O)/C=C/c2ccccc2OC(F)F)cc(OC)c1OC. The van der Waals surface area contributed by atoms with Gasteiger partial charge >= 0.3 is 6.61 Å². The van der Waals surface area contributed by atoms with E-state index in [4.69, 9.17) is 14.2 Å². The van der Waals surface area contributed by atoms with Gasteiger partial charge in [0.2, 0.25) is 11.7 Å². The predicted octanol–water partition coefficient (Wildman–Crippen LogP) is 4.20. The number of hydrogen-bond donors (Lipinski definition) is 1. The first kappa shape index (κ1) is 22.0. The van der Waals surface area contributed by atoms with Crippen LogP contribution in [0.15, 0.2) is 42.5 Å². The number of carbonyl (C=O) groups excluding carboxylic acids is 1. The molecule has 0 aliphatic rings. The van der Waals surface area contributed by atoms with Crippen molar-refractivity contribution < 1.29 is 32.5 Å². The smallest absolute Gasteiger partial charge is 0.387 e. The Morgan fingerprint density at radius 1 is 1.00 bits per heavy atom. The normalized spacial score (nSPS) is 12.0. The van der Waals surface area contributed by atoms with Crippen molar-refractivity contribution in [2.24, 2.45) is 0 Å². The molecule has 2 aromatic rings. The van der Waals surface area contributed by atoms with Crippen LogP contribution in [0.25, 0.3) is 6.08 Å². The molecule has 8 heteroatoms. The summed E-state index contributed by atoms with van der Waals surface area (Å²) in [7, 11) is 4.52. The molecule has 2 rings (SSSR count). The molecular formula is C21H23F2NO5. The average Bonchev–Trinajstić information content (AvgIpc) is 2.71. The molecule has 6 nitrogen and oxygen atoms in total. The van der Waals surface area contributed by atoms with Gasteiger partial charge in [-0.05, 0) is 36.8 Å². The highest BCUT2D eigenvalue weighted by Crippen LogP contribution is 2.39. The van der Waals surface area contributed by atoms with Crippen molar-refractivity contribution in [1.29, 1.82) is 0 Å². The van der Waals surface area contributed by atoms with Gasteiger partial charge in [-0.2, -0.15) is 8.78 Å². The average molecular weight is 407 g/mol. The van der Waals surface area contributed by atoms with Crippen LogP contribution in [0.5, 0.6) is 23.0 Å². The molecule has 0 fully saturated rings. The second-order valence-corrected chi connectivity index (χ2v) is 5.94. The van der Waals surface area contributed by atoms with Gasteiger partial charge in [-0.25, -0.2) is 0 Å². The van der Waals surface area contributed by atoms with Crippen molar-refractivity contribution in [2.75, 3.05) is 21.3 Å². The lowest BCUT2D eigenvalue weighted by Crippen LogP contribution is -2.24. The van der Waals surface area contributed by atoms with Crippen LogP contribution in [0.2, 0.25) is 0 Å². The minimum Gasteiger partial charge on any atom is -0.493 e. The fourth-order valence-corrected chi connectivity index (χ4v) is 2.68. The fraction of sp³-hybridized carbons (Fsp3) is 0.286. The number of carbonyl (C=O) groups is 1. The summed E-state index contributed by atoms with van der Waals surface area (Å²) in [5.74, 6) is 0.975. The Labute approximate surface area is 168 Å². The van der Waals surface area contributed by atoms with Crippen LogP contribution in [-0.2, 0) is 4.79 Å². The van der Waals surface area contributed by atoms with Crippen molar-refractivity contribution in [3.05, 3.63) is 53.6 Å². The Morgan fingerprint density at radius 2 is 1.62 bits per heavy atom. The number of halogens is 2. The Hall–Kier alpha value is -3.29. The molecule has 1 N–H and O–H groups in total. The lowest BCUT2D eigenvalue weighted by atomic mass is 10.1. The summed E-state index contributed by atoms with van der Waals surface area (Å²) in [6.45, 7) is -1.15. The van der Waals surface area contributed by atoms with E-state index in [1.807, 2.05) is 0 Å². The van der Waals surface area contributed by atoms with Gasteiger partial charge in [0.15, 0.2) is 11.5 Å². The Morgan fingerprint density at radius 3 is 2.17 bits per heavy atom. The number of rotatable bonds is 9. The molecule has 0 spiro atoms. The molecule has 1 unspecified atom stereocenters. The summed E-state index contributed by atoms with van der Waals surface area (Å²) >= 11 is 0. The molecule has 2 aromatic carbocycles. The van der Waals surface area contributed by atoms with Gasteiger partial charge in [0.05, 0.1) is 27.4 Å². The minimum atomic E-state index is -2.95. The maximum Gasteiger partial charge on any atom is 0.387 e. The summed E-state index contributed by atoms with van der Waals surface area (Å²) in [6.07, 6.45) is 2.66. The molecule has 0 aromatic heterocycles. The number of para-hydroxylation sites is 1. The first-order valence-corrected chi connectivity index (χ1v) is 8.71. The largest absolute Gasteiger partial charge is 0.493 e. The minimum absolute atomic E-state index is 0.00998. The van der Waals surface area contributed by atoms with Crippen molar-refractivity contribution >= 4 is 12.0 Å². The molecule has 1 atom stereocenters. The quantitative estimate of drug-likeness (QED) is 0.631. The first-order chi connectivity index (χ1) is 13.9.